The minimum Gasteiger partial charge on any atom is -0.443 e. The molecule has 1 fully saturated rings. The third-order valence-corrected chi connectivity index (χ3v) is 2.51. The molecular formula is C12H17ClN2O2. The number of halogens is 1. The first-order valence-corrected chi connectivity index (χ1v) is 5.35. The number of ether oxygens (including phenoxy) is 1. The number of cyclic esters (lactones) is 1. The number of carbonyl (C=O) groups is 1. The van der Waals surface area contributed by atoms with Gasteiger partial charge in [-0.15, -0.1) is 12.4 Å². The highest BCUT2D eigenvalue weighted by atomic mass is 35.5. The monoisotopic (exact) mass is 256 g/mol. The Labute approximate surface area is 108 Å². The Morgan fingerprint density at radius 1 is 1.35 bits per heavy atom. The summed E-state index contributed by atoms with van der Waals surface area (Å²) in [6.45, 7) is 1.39. The van der Waals surface area contributed by atoms with Gasteiger partial charge in [0.1, 0.15) is 6.10 Å². The van der Waals surface area contributed by atoms with Gasteiger partial charge in [0.05, 0.1) is 6.54 Å². The lowest BCUT2D eigenvalue weighted by Crippen LogP contribution is -2.30. The quantitative estimate of drug-likeness (QED) is 0.829. The van der Waals surface area contributed by atoms with Gasteiger partial charge in [0.25, 0.3) is 0 Å². The minimum absolute atomic E-state index is 0. The third kappa shape index (κ3) is 3.35. The van der Waals surface area contributed by atoms with Crippen molar-refractivity contribution in [3.63, 3.8) is 0 Å². The zero-order valence-corrected chi connectivity index (χ0v) is 10.8. The summed E-state index contributed by atoms with van der Waals surface area (Å²) in [4.78, 5) is 15.3. The lowest BCUT2D eigenvalue weighted by atomic mass is 10.2. The number of carbonyl (C=O) groups excluding carboxylic acids is 1. The van der Waals surface area contributed by atoms with E-state index in [9.17, 15) is 4.79 Å². The number of anilines is 1. The summed E-state index contributed by atoms with van der Waals surface area (Å²) in [5.74, 6) is 0. The van der Waals surface area contributed by atoms with Gasteiger partial charge < -0.3 is 9.64 Å². The van der Waals surface area contributed by atoms with Crippen LogP contribution in [0.4, 0.5) is 10.5 Å². The van der Waals surface area contributed by atoms with Crippen LogP contribution in [0.25, 0.3) is 0 Å². The summed E-state index contributed by atoms with van der Waals surface area (Å²) < 4.78 is 5.28. The second-order valence-electron chi connectivity index (χ2n) is 4.21. The van der Waals surface area contributed by atoms with Crippen molar-refractivity contribution in [2.24, 2.45) is 0 Å². The van der Waals surface area contributed by atoms with Crippen molar-refractivity contribution in [1.82, 2.24) is 4.90 Å². The molecule has 1 amide bonds. The number of hydrogen-bond donors (Lipinski definition) is 0. The van der Waals surface area contributed by atoms with Gasteiger partial charge in [-0.1, -0.05) is 18.2 Å². The standard InChI is InChI=1S/C12H16N2O2.ClH/c1-13(2)8-11-9-14(12(15)16-11)10-6-4-3-5-7-10;/h3-7,11H,8-9H2,1-2H3;1H. The van der Waals surface area contributed by atoms with Crippen LogP contribution in [0.1, 0.15) is 0 Å². The first-order chi connectivity index (χ1) is 7.66. The van der Waals surface area contributed by atoms with E-state index in [4.69, 9.17) is 4.74 Å². The van der Waals surface area contributed by atoms with Gasteiger partial charge in [-0.3, -0.25) is 4.90 Å². The molecule has 0 radical (unpaired) electrons. The highest BCUT2D eigenvalue weighted by Crippen LogP contribution is 2.21. The van der Waals surface area contributed by atoms with E-state index in [1.54, 1.807) is 4.90 Å². The Morgan fingerprint density at radius 2 is 2.00 bits per heavy atom. The highest BCUT2D eigenvalue weighted by molar-refractivity contribution is 5.89. The van der Waals surface area contributed by atoms with Crippen molar-refractivity contribution >= 4 is 24.2 Å². The highest BCUT2D eigenvalue weighted by Gasteiger charge is 2.32. The summed E-state index contributed by atoms with van der Waals surface area (Å²) in [7, 11) is 3.94. The van der Waals surface area contributed by atoms with Crippen LogP contribution in [0.15, 0.2) is 30.3 Å². The molecule has 1 heterocycles. The molecule has 4 nitrogen and oxygen atoms in total. The first-order valence-electron chi connectivity index (χ1n) is 5.35. The fourth-order valence-electron chi connectivity index (χ4n) is 1.84. The summed E-state index contributed by atoms with van der Waals surface area (Å²) in [5.41, 5.74) is 0.897. The molecule has 0 bridgehead atoms. The van der Waals surface area contributed by atoms with Crippen LogP contribution in [0.5, 0.6) is 0 Å². The van der Waals surface area contributed by atoms with Crippen LogP contribution in [0, 0.1) is 0 Å². The number of benzene rings is 1. The number of nitrogens with zero attached hydrogens (tertiary/aromatic N) is 2. The fraction of sp³-hybridized carbons (Fsp3) is 0.417. The average molecular weight is 257 g/mol. The maximum Gasteiger partial charge on any atom is 0.414 e. The minimum atomic E-state index is -0.252. The molecule has 17 heavy (non-hydrogen) atoms. The Morgan fingerprint density at radius 3 is 2.59 bits per heavy atom. The maximum absolute atomic E-state index is 11.7. The van der Waals surface area contributed by atoms with E-state index in [1.165, 1.54) is 0 Å². The third-order valence-electron chi connectivity index (χ3n) is 2.51. The van der Waals surface area contributed by atoms with Crippen LogP contribution < -0.4 is 4.90 Å². The predicted octanol–water partition coefficient (Wildman–Crippen LogP) is 2.00. The number of rotatable bonds is 3. The Hall–Kier alpha value is -1.26. The van der Waals surface area contributed by atoms with Crippen LogP contribution in [0.2, 0.25) is 0 Å². The number of likely N-dealkylation sites (N-methyl/N-ethyl adjacent to an activating group) is 1. The molecule has 1 aliphatic rings. The van der Waals surface area contributed by atoms with Crippen LogP contribution in [-0.4, -0.2) is 44.3 Å². The molecule has 2 rings (SSSR count). The molecule has 1 unspecified atom stereocenters. The largest absolute Gasteiger partial charge is 0.443 e. The zero-order chi connectivity index (χ0) is 11.5. The molecule has 0 aliphatic carbocycles. The lowest BCUT2D eigenvalue weighted by molar-refractivity contribution is 0.123. The Balaban J connectivity index is 0.00000144. The van der Waals surface area contributed by atoms with Gasteiger partial charge in [0, 0.05) is 12.2 Å². The van der Waals surface area contributed by atoms with Crippen molar-refractivity contribution in [2.75, 3.05) is 32.1 Å². The SMILES string of the molecule is CN(C)CC1CN(c2ccccc2)C(=O)O1.Cl. The molecule has 0 aromatic heterocycles. The van der Waals surface area contributed by atoms with Gasteiger partial charge in [0.15, 0.2) is 0 Å². The first kappa shape index (κ1) is 13.8. The van der Waals surface area contributed by atoms with Crippen molar-refractivity contribution in [1.29, 1.82) is 0 Å². The molecule has 1 atom stereocenters. The summed E-state index contributed by atoms with van der Waals surface area (Å²) >= 11 is 0. The lowest BCUT2D eigenvalue weighted by Gasteiger charge is -2.14. The van der Waals surface area contributed by atoms with E-state index in [0.717, 1.165) is 12.2 Å². The van der Waals surface area contributed by atoms with E-state index in [-0.39, 0.29) is 24.6 Å². The number of amides is 1. The van der Waals surface area contributed by atoms with Gasteiger partial charge in [-0.2, -0.15) is 0 Å². The van der Waals surface area contributed by atoms with Crippen molar-refractivity contribution in [3.8, 4) is 0 Å². The van der Waals surface area contributed by atoms with Gasteiger partial charge in [-0.05, 0) is 26.2 Å². The number of hydrogen-bond acceptors (Lipinski definition) is 3. The van der Waals surface area contributed by atoms with Gasteiger partial charge in [-0.25, -0.2) is 4.79 Å². The molecule has 0 N–H and O–H groups in total. The van der Waals surface area contributed by atoms with Crippen molar-refractivity contribution in [2.45, 2.75) is 6.10 Å². The molecular weight excluding hydrogens is 240 g/mol. The molecule has 94 valence electrons. The van der Waals surface area contributed by atoms with E-state index >= 15 is 0 Å². The van der Waals surface area contributed by atoms with E-state index < -0.39 is 0 Å². The van der Waals surface area contributed by atoms with Gasteiger partial charge >= 0.3 is 6.09 Å². The summed E-state index contributed by atoms with van der Waals surface area (Å²) in [6, 6.07) is 9.60. The second-order valence-corrected chi connectivity index (χ2v) is 4.21. The molecule has 5 heteroatoms. The van der Waals surface area contributed by atoms with Crippen molar-refractivity contribution < 1.29 is 9.53 Å². The maximum atomic E-state index is 11.7. The molecule has 1 aliphatic heterocycles. The number of para-hydroxylation sites is 1. The van der Waals surface area contributed by atoms with E-state index in [1.807, 2.05) is 49.3 Å². The molecule has 1 aromatic carbocycles. The van der Waals surface area contributed by atoms with Crippen LogP contribution >= 0.6 is 12.4 Å². The Bertz CT molecular complexity index is 370. The van der Waals surface area contributed by atoms with Crippen molar-refractivity contribution in [3.05, 3.63) is 30.3 Å². The fourth-order valence-corrected chi connectivity index (χ4v) is 1.84. The van der Waals surface area contributed by atoms with Crippen LogP contribution in [0.3, 0.4) is 0 Å². The molecule has 1 saturated heterocycles. The second kappa shape index (κ2) is 5.89. The molecule has 0 saturated carbocycles. The van der Waals surface area contributed by atoms with E-state index in [2.05, 4.69) is 0 Å². The molecule has 1 aromatic rings. The topological polar surface area (TPSA) is 32.8 Å². The Kier molecular flexibility index (Phi) is 4.78. The van der Waals surface area contributed by atoms with Gasteiger partial charge in [0.2, 0.25) is 0 Å². The summed E-state index contributed by atoms with van der Waals surface area (Å²) in [5, 5.41) is 0. The predicted molar refractivity (Wildman–Crippen MR) is 69.9 cm³/mol. The smallest absolute Gasteiger partial charge is 0.414 e. The molecule has 0 spiro atoms. The summed E-state index contributed by atoms with van der Waals surface area (Å²) in [6.07, 6.45) is -0.291. The normalized spacial score (nSPS) is 19.1. The zero-order valence-electron chi connectivity index (χ0n) is 10.00. The average Bonchev–Trinajstić information content (AvgIpc) is 2.60. The van der Waals surface area contributed by atoms with Crippen LogP contribution in [-0.2, 0) is 4.74 Å². The van der Waals surface area contributed by atoms with E-state index in [0.29, 0.717) is 6.54 Å².